The van der Waals surface area contributed by atoms with Crippen molar-refractivity contribution in [1.82, 2.24) is 15.6 Å². The third-order valence-electron chi connectivity index (χ3n) is 5.25. The highest BCUT2D eigenvalue weighted by Crippen LogP contribution is 2.29. The molecule has 2 aliphatic rings. The number of anilines is 2. The van der Waals surface area contributed by atoms with Crippen LogP contribution in [0.25, 0.3) is 11.1 Å². The SMILES string of the molecule is N=N/C=C\NC[C@H]1CN(c2ccc(-c3ccc(N4CCNCC4)nc3)c(F)c2)C(=O)O1. The Morgan fingerprint density at radius 3 is 2.87 bits per heavy atom. The van der Waals surface area contributed by atoms with E-state index < -0.39 is 11.9 Å². The maximum Gasteiger partial charge on any atom is 0.414 e. The van der Waals surface area contributed by atoms with Crippen LogP contribution in [-0.2, 0) is 4.74 Å². The maximum atomic E-state index is 14.9. The van der Waals surface area contributed by atoms with Crippen LogP contribution in [0.1, 0.15) is 0 Å². The number of nitrogens with one attached hydrogen (secondary N) is 3. The average molecular weight is 425 g/mol. The molecule has 4 rings (SSSR count). The van der Waals surface area contributed by atoms with Gasteiger partial charge in [0.05, 0.1) is 25.0 Å². The first-order valence-electron chi connectivity index (χ1n) is 10.1. The molecule has 10 heteroatoms. The Labute approximate surface area is 179 Å². The van der Waals surface area contributed by atoms with E-state index >= 15 is 0 Å². The summed E-state index contributed by atoms with van der Waals surface area (Å²) in [7, 11) is 0. The van der Waals surface area contributed by atoms with Gasteiger partial charge in [0.25, 0.3) is 0 Å². The molecule has 3 heterocycles. The van der Waals surface area contributed by atoms with Crippen LogP contribution in [0.15, 0.2) is 54.0 Å². The van der Waals surface area contributed by atoms with Crippen LogP contribution < -0.4 is 20.4 Å². The van der Waals surface area contributed by atoms with Crippen LogP contribution in [0, 0.1) is 11.3 Å². The summed E-state index contributed by atoms with van der Waals surface area (Å²) in [4.78, 5) is 20.3. The van der Waals surface area contributed by atoms with E-state index in [1.807, 2.05) is 12.1 Å². The molecule has 2 saturated heterocycles. The van der Waals surface area contributed by atoms with Crippen molar-refractivity contribution in [3.63, 3.8) is 0 Å². The van der Waals surface area contributed by atoms with E-state index in [0.717, 1.165) is 32.0 Å². The molecular formula is C21H24FN7O2. The van der Waals surface area contributed by atoms with E-state index in [-0.39, 0.29) is 6.10 Å². The van der Waals surface area contributed by atoms with Gasteiger partial charge in [0, 0.05) is 49.7 Å². The number of amides is 1. The van der Waals surface area contributed by atoms with Gasteiger partial charge in [-0.05, 0) is 30.3 Å². The summed E-state index contributed by atoms with van der Waals surface area (Å²) in [6.45, 7) is 4.32. The number of pyridine rings is 1. The topological polar surface area (TPSA) is 106 Å². The molecule has 162 valence electrons. The number of ether oxygens (including phenoxy) is 1. The lowest BCUT2D eigenvalue weighted by molar-refractivity contribution is 0.142. The summed E-state index contributed by atoms with van der Waals surface area (Å²) in [6.07, 6.45) is 3.56. The molecule has 9 nitrogen and oxygen atoms in total. The molecule has 0 spiro atoms. The molecule has 0 aliphatic carbocycles. The van der Waals surface area contributed by atoms with Crippen molar-refractivity contribution in [2.24, 2.45) is 5.11 Å². The number of carbonyl (C=O) groups excluding carboxylic acids is 1. The van der Waals surface area contributed by atoms with E-state index in [4.69, 9.17) is 10.3 Å². The number of carbonyl (C=O) groups is 1. The number of cyclic esters (lactones) is 1. The number of aromatic nitrogens is 1. The number of piperazine rings is 1. The van der Waals surface area contributed by atoms with Crippen LogP contribution in [0.4, 0.5) is 20.7 Å². The highest BCUT2D eigenvalue weighted by Gasteiger charge is 2.32. The van der Waals surface area contributed by atoms with Gasteiger partial charge >= 0.3 is 6.09 Å². The number of nitrogens with zero attached hydrogens (tertiary/aromatic N) is 4. The number of rotatable bonds is 7. The van der Waals surface area contributed by atoms with Crippen molar-refractivity contribution >= 4 is 17.6 Å². The van der Waals surface area contributed by atoms with Gasteiger partial charge in [0.2, 0.25) is 0 Å². The normalized spacial score (nSPS) is 19.0. The minimum Gasteiger partial charge on any atom is -0.442 e. The van der Waals surface area contributed by atoms with Crippen LogP contribution in [0.5, 0.6) is 0 Å². The van der Waals surface area contributed by atoms with Crippen molar-refractivity contribution in [1.29, 1.82) is 5.53 Å². The molecule has 1 aromatic heterocycles. The standard InChI is InChI=1S/C21H24FN7O2/c22-19-11-16(29-14-17(31-21(29)30)13-25-5-6-27-23)2-3-18(19)15-1-4-20(26-12-15)28-9-7-24-8-10-28/h1-6,11-12,17,23-25H,7-10,13-14H2/b6-5-,27-23?/t17-/m0/s1. The lowest BCUT2D eigenvalue weighted by Gasteiger charge is -2.28. The summed E-state index contributed by atoms with van der Waals surface area (Å²) in [6, 6.07) is 8.48. The molecule has 0 radical (unpaired) electrons. The third-order valence-corrected chi connectivity index (χ3v) is 5.25. The summed E-state index contributed by atoms with van der Waals surface area (Å²) < 4.78 is 20.2. The first-order chi connectivity index (χ1) is 15.2. The summed E-state index contributed by atoms with van der Waals surface area (Å²) >= 11 is 0. The van der Waals surface area contributed by atoms with Gasteiger partial charge in [-0.25, -0.2) is 19.7 Å². The smallest absolute Gasteiger partial charge is 0.414 e. The molecule has 0 unspecified atom stereocenters. The van der Waals surface area contributed by atoms with Gasteiger partial charge in [-0.1, -0.05) is 0 Å². The fourth-order valence-corrected chi connectivity index (χ4v) is 3.66. The predicted molar refractivity (Wildman–Crippen MR) is 115 cm³/mol. The largest absolute Gasteiger partial charge is 0.442 e. The van der Waals surface area contributed by atoms with E-state index in [2.05, 4.69) is 25.6 Å². The van der Waals surface area contributed by atoms with Crippen molar-refractivity contribution in [3.8, 4) is 11.1 Å². The minimum atomic E-state index is -0.518. The van der Waals surface area contributed by atoms with Crippen LogP contribution in [0.3, 0.4) is 0 Å². The molecule has 31 heavy (non-hydrogen) atoms. The molecule has 0 bridgehead atoms. The number of benzene rings is 1. The zero-order chi connectivity index (χ0) is 21.6. The van der Waals surface area contributed by atoms with E-state index in [1.165, 1.54) is 23.4 Å². The lowest BCUT2D eigenvalue weighted by atomic mass is 10.1. The molecule has 1 atom stereocenters. The van der Waals surface area contributed by atoms with E-state index in [1.54, 1.807) is 18.3 Å². The monoisotopic (exact) mass is 425 g/mol. The molecule has 2 fully saturated rings. The zero-order valence-corrected chi connectivity index (χ0v) is 16.9. The number of halogens is 1. The van der Waals surface area contributed by atoms with Crippen molar-refractivity contribution in [3.05, 3.63) is 54.7 Å². The van der Waals surface area contributed by atoms with E-state index in [0.29, 0.717) is 29.9 Å². The van der Waals surface area contributed by atoms with E-state index in [9.17, 15) is 9.18 Å². The van der Waals surface area contributed by atoms with Crippen LogP contribution in [0.2, 0.25) is 0 Å². The third kappa shape index (κ3) is 4.80. The fourth-order valence-electron chi connectivity index (χ4n) is 3.66. The van der Waals surface area contributed by atoms with Crippen LogP contribution >= 0.6 is 0 Å². The van der Waals surface area contributed by atoms with Gasteiger partial charge in [-0.15, -0.1) is 0 Å². The fraction of sp³-hybridized carbons (Fsp3) is 0.333. The molecule has 1 aromatic carbocycles. The number of hydrogen-bond acceptors (Lipinski definition) is 8. The van der Waals surface area contributed by atoms with Crippen molar-refractivity contribution in [2.45, 2.75) is 6.10 Å². The quantitative estimate of drug-likeness (QED) is 0.589. The Morgan fingerprint density at radius 1 is 1.32 bits per heavy atom. The highest BCUT2D eigenvalue weighted by molar-refractivity contribution is 5.90. The van der Waals surface area contributed by atoms with Gasteiger partial charge in [0.15, 0.2) is 0 Å². The number of hydrogen-bond donors (Lipinski definition) is 3. The molecule has 1 amide bonds. The summed E-state index contributed by atoms with van der Waals surface area (Å²) in [5, 5.41) is 9.30. The first-order valence-corrected chi connectivity index (χ1v) is 10.1. The average Bonchev–Trinajstić information content (AvgIpc) is 3.18. The summed E-state index contributed by atoms with van der Waals surface area (Å²) in [5.74, 6) is 0.455. The second-order valence-corrected chi connectivity index (χ2v) is 7.28. The Kier molecular flexibility index (Phi) is 6.37. The van der Waals surface area contributed by atoms with Gasteiger partial charge in [0.1, 0.15) is 17.7 Å². The van der Waals surface area contributed by atoms with Crippen molar-refractivity contribution in [2.75, 3.05) is 49.1 Å². The predicted octanol–water partition coefficient (Wildman–Crippen LogP) is 2.71. The maximum absolute atomic E-state index is 14.9. The molecular weight excluding hydrogens is 401 g/mol. The minimum absolute atomic E-state index is 0.303. The Balaban J connectivity index is 1.44. The van der Waals surface area contributed by atoms with Gasteiger partial charge in [-0.2, -0.15) is 5.11 Å². The van der Waals surface area contributed by atoms with Crippen LogP contribution in [-0.4, -0.2) is 56.4 Å². The zero-order valence-electron chi connectivity index (χ0n) is 16.9. The van der Waals surface area contributed by atoms with Gasteiger partial charge < -0.3 is 20.3 Å². The molecule has 2 aliphatic heterocycles. The Morgan fingerprint density at radius 2 is 2.16 bits per heavy atom. The summed E-state index contributed by atoms with van der Waals surface area (Å²) in [5.41, 5.74) is 8.24. The Bertz CT molecular complexity index is 961. The second-order valence-electron chi connectivity index (χ2n) is 7.28. The Hall–Kier alpha value is -3.53. The molecule has 0 saturated carbocycles. The second kappa shape index (κ2) is 9.52. The van der Waals surface area contributed by atoms with Gasteiger partial charge in [-0.3, -0.25) is 4.90 Å². The highest BCUT2D eigenvalue weighted by atomic mass is 19.1. The molecule has 2 aromatic rings. The van der Waals surface area contributed by atoms with Crippen molar-refractivity contribution < 1.29 is 13.9 Å². The lowest BCUT2D eigenvalue weighted by Crippen LogP contribution is -2.43. The molecule has 3 N–H and O–H groups in total. The first kappa shape index (κ1) is 20.7.